The second-order valence-electron chi connectivity index (χ2n) is 7.32. The summed E-state index contributed by atoms with van der Waals surface area (Å²) in [5.74, 6) is -0.823. The van der Waals surface area contributed by atoms with Crippen molar-refractivity contribution in [3.63, 3.8) is 0 Å². The van der Waals surface area contributed by atoms with Crippen LogP contribution in [0.25, 0.3) is 0 Å². The standard InChI is InChI=1S/C21H22N4O7/c1-15(26)16-2-4-18(5-3-16)23-8-6-22(7-9-23)10-11-32-21(27)17-12-19(24(28)29)14-20(13-17)25(30)31/h2-5,12-14H,6-11H2,1H3. The number of nitro benzene ring substituents is 2. The van der Waals surface area contributed by atoms with Gasteiger partial charge in [-0.3, -0.25) is 29.9 Å². The van der Waals surface area contributed by atoms with E-state index in [4.69, 9.17) is 4.74 Å². The Morgan fingerprint density at radius 2 is 1.47 bits per heavy atom. The van der Waals surface area contributed by atoms with Gasteiger partial charge in [-0.1, -0.05) is 0 Å². The third kappa shape index (κ3) is 5.64. The van der Waals surface area contributed by atoms with Crippen molar-refractivity contribution in [1.29, 1.82) is 0 Å². The molecule has 1 saturated heterocycles. The molecule has 1 fully saturated rings. The molecule has 0 aliphatic carbocycles. The quantitative estimate of drug-likeness (QED) is 0.261. The molecule has 11 heteroatoms. The number of non-ortho nitro benzene ring substituents is 2. The monoisotopic (exact) mass is 442 g/mol. The number of ketones is 1. The molecule has 2 aromatic carbocycles. The maximum atomic E-state index is 12.2. The number of nitrogens with zero attached hydrogens (tertiary/aromatic N) is 4. The Balaban J connectivity index is 1.49. The summed E-state index contributed by atoms with van der Waals surface area (Å²) >= 11 is 0. The molecule has 2 aromatic rings. The van der Waals surface area contributed by atoms with Crippen molar-refractivity contribution in [2.75, 3.05) is 44.2 Å². The summed E-state index contributed by atoms with van der Waals surface area (Å²) in [5.41, 5.74) is 0.388. The Morgan fingerprint density at radius 3 is 1.97 bits per heavy atom. The topological polar surface area (TPSA) is 136 Å². The van der Waals surface area contributed by atoms with Crippen molar-refractivity contribution in [3.05, 3.63) is 73.8 Å². The molecule has 1 heterocycles. The molecule has 0 aromatic heterocycles. The Bertz CT molecular complexity index is 999. The third-order valence-electron chi connectivity index (χ3n) is 5.21. The van der Waals surface area contributed by atoms with Crippen LogP contribution in [-0.2, 0) is 4.74 Å². The number of carbonyl (C=O) groups is 2. The minimum absolute atomic E-state index is 0.0237. The van der Waals surface area contributed by atoms with Crippen LogP contribution in [0.3, 0.4) is 0 Å². The average Bonchev–Trinajstić information content (AvgIpc) is 2.79. The zero-order chi connectivity index (χ0) is 23.3. The Labute approximate surface area is 183 Å². The van der Waals surface area contributed by atoms with Gasteiger partial charge < -0.3 is 9.64 Å². The van der Waals surface area contributed by atoms with Gasteiger partial charge in [-0.05, 0) is 31.2 Å². The molecule has 0 spiro atoms. The molecule has 3 rings (SSSR count). The minimum atomic E-state index is -0.846. The van der Waals surface area contributed by atoms with Crippen molar-refractivity contribution in [1.82, 2.24) is 4.90 Å². The van der Waals surface area contributed by atoms with Crippen molar-refractivity contribution >= 4 is 28.8 Å². The fourth-order valence-electron chi connectivity index (χ4n) is 3.41. The van der Waals surface area contributed by atoms with E-state index < -0.39 is 27.2 Å². The van der Waals surface area contributed by atoms with Crippen LogP contribution < -0.4 is 4.90 Å². The van der Waals surface area contributed by atoms with E-state index in [1.165, 1.54) is 6.92 Å². The van der Waals surface area contributed by atoms with Crippen LogP contribution in [0.2, 0.25) is 0 Å². The highest BCUT2D eigenvalue weighted by molar-refractivity contribution is 5.94. The summed E-state index contributed by atoms with van der Waals surface area (Å²) in [5, 5.41) is 21.9. The first-order valence-corrected chi connectivity index (χ1v) is 9.94. The first kappa shape index (κ1) is 22.8. The Morgan fingerprint density at radius 1 is 0.906 bits per heavy atom. The molecule has 0 amide bonds. The number of Topliss-reactive ketones (excluding diaryl/α,β-unsaturated/α-hetero) is 1. The zero-order valence-electron chi connectivity index (χ0n) is 17.4. The van der Waals surface area contributed by atoms with Crippen molar-refractivity contribution in [3.8, 4) is 0 Å². The number of benzene rings is 2. The maximum Gasteiger partial charge on any atom is 0.338 e. The number of nitro groups is 2. The lowest BCUT2D eigenvalue weighted by Crippen LogP contribution is -2.47. The highest BCUT2D eigenvalue weighted by atomic mass is 16.6. The fraction of sp³-hybridized carbons (Fsp3) is 0.333. The van der Waals surface area contributed by atoms with E-state index in [0.717, 1.165) is 50.1 Å². The van der Waals surface area contributed by atoms with E-state index in [1.54, 1.807) is 0 Å². The summed E-state index contributed by atoms with van der Waals surface area (Å²) in [6, 6.07) is 10.2. The number of rotatable bonds is 8. The molecule has 0 bridgehead atoms. The van der Waals surface area contributed by atoms with Gasteiger partial charge in [0.15, 0.2) is 5.78 Å². The van der Waals surface area contributed by atoms with E-state index in [2.05, 4.69) is 9.80 Å². The van der Waals surface area contributed by atoms with Gasteiger partial charge >= 0.3 is 5.97 Å². The van der Waals surface area contributed by atoms with Gasteiger partial charge in [0.1, 0.15) is 6.61 Å². The summed E-state index contributed by atoms with van der Waals surface area (Å²) in [4.78, 5) is 48.3. The maximum absolute atomic E-state index is 12.2. The van der Waals surface area contributed by atoms with E-state index in [0.29, 0.717) is 12.1 Å². The largest absolute Gasteiger partial charge is 0.461 e. The number of esters is 1. The van der Waals surface area contributed by atoms with E-state index in [9.17, 15) is 29.8 Å². The van der Waals surface area contributed by atoms with Gasteiger partial charge in [-0.15, -0.1) is 0 Å². The lowest BCUT2D eigenvalue weighted by Gasteiger charge is -2.36. The van der Waals surface area contributed by atoms with Gasteiger partial charge in [0.05, 0.1) is 21.5 Å². The Hall–Kier alpha value is -3.86. The van der Waals surface area contributed by atoms with E-state index in [1.807, 2.05) is 24.3 Å². The van der Waals surface area contributed by atoms with Crippen molar-refractivity contribution in [2.24, 2.45) is 0 Å². The highest BCUT2D eigenvalue weighted by Crippen LogP contribution is 2.23. The van der Waals surface area contributed by atoms with Crippen LogP contribution in [0.15, 0.2) is 42.5 Å². The lowest BCUT2D eigenvalue weighted by atomic mass is 10.1. The summed E-state index contributed by atoms with van der Waals surface area (Å²) in [7, 11) is 0. The normalized spacial score (nSPS) is 14.1. The third-order valence-corrected chi connectivity index (χ3v) is 5.21. The van der Waals surface area contributed by atoms with Crippen molar-refractivity contribution in [2.45, 2.75) is 6.92 Å². The first-order valence-electron chi connectivity index (χ1n) is 9.94. The van der Waals surface area contributed by atoms with E-state index in [-0.39, 0.29) is 18.0 Å². The number of hydrogen-bond donors (Lipinski definition) is 0. The molecule has 0 N–H and O–H groups in total. The molecular formula is C21H22N4O7. The number of anilines is 1. The SMILES string of the molecule is CC(=O)c1ccc(N2CCN(CCOC(=O)c3cc([N+](=O)[O-])cc([N+](=O)[O-])c3)CC2)cc1. The second-order valence-corrected chi connectivity index (χ2v) is 7.32. The molecule has 0 unspecified atom stereocenters. The van der Waals surface area contributed by atoms with Crippen LogP contribution in [-0.4, -0.2) is 65.8 Å². The molecule has 1 aliphatic rings. The number of ether oxygens (including phenoxy) is 1. The van der Waals surface area contributed by atoms with Crippen molar-refractivity contribution < 1.29 is 24.2 Å². The van der Waals surface area contributed by atoms with Crippen LogP contribution in [0, 0.1) is 20.2 Å². The molecule has 1 aliphatic heterocycles. The number of hydrogen-bond acceptors (Lipinski definition) is 9. The lowest BCUT2D eigenvalue weighted by molar-refractivity contribution is -0.394. The smallest absolute Gasteiger partial charge is 0.338 e. The molecule has 0 saturated carbocycles. The van der Waals surface area contributed by atoms with Crippen LogP contribution in [0.1, 0.15) is 27.6 Å². The van der Waals surface area contributed by atoms with Crippen LogP contribution >= 0.6 is 0 Å². The van der Waals surface area contributed by atoms with Gasteiger partial charge in [-0.25, -0.2) is 4.79 Å². The van der Waals surface area contributed by atoms with E-state index >= 15 is 0 Å². The predicted molar refractivity (Wildman–Crippen MR) is 115 cm³/mol. The summed E-state index contributed by atoms with van der Waals surface area (Å²) in [6.45, 7) is 5.08. The minimum Gasteiger partial charge on any atom is -0.461 e. The fourth-order valence-corrected chi connectivity index (χ4v) is 3.41. The molecule has 0 atom stereocenters. The number of piperazine rings is 1. The van der Waals surface area contributed by atoms with Gasteiger partial charge in [0.25, 0.3) is 11.4 Å². The average molecular weight is 442 g/mol. The van der Waals surface area contributed by atoms with Gasteiger partial charge in [0.2, 0.25) is 0 Å². The summed E-state index contributed by atoms with van der Waals surface area (Å²) in [6.07, 6.45) is 0. The molecule has 11 nitrogen and oxygen atoms in total. The van der Waals surface area contributed by atoms with Gasteiger partial charge in [0, 0.05) is 56.1 Å². The first-order chi connectivity index (χ1) is 15.2. The Kier molecular flexibility index (Phi) is 7.11. The van der Waals surface area contributed by atoms with Crippen LogP contribution in [0.5, 0.6) is 0 Å². The highest BCUT2D eigenvalue weighted by Gasteiger charge is 2.22. The second kappa shape index (κ2) is 9.96. The molecule has 0 radical (unpaired) electrons. The molecular weight excluding hydrogens is 420 g/mol. The molecule has 32 heavy (non-hydrogen) atoms. The summed E-state index contributed by atoms with van der Waals surface area (Å²) < 4.78 is 5.18. The zero-order valence-corrected chi connectivity index (χ0v) is 17.4. The molecule has 168 valence electrons. The number of carbonyl (C=O) groups excluding carboxylic acids is 2. The van der Waals surface area contributed by atoms with Crippen LogP contribution in [0.4, 0.5) is 17.1 Å². The predicted octanol–water partition coefficient (Wildman–Crippen LogP) is 2.68. The van der Waals surface area contributed by atoms with Gasteiger partial charge in [-0.2, -0.15) is 0 Å².